The van der Waals surface area contributed by atoms with Gasteiger partial charge in [0.15, 0.2) is 0 Å². The summed E-state index contributed by atoms with van der Waals surface area (Å²) in [6, 6.07) is 0.628. The lowest BCUT2D eigenvalue weighted by Crippen LogP contribution is -2.56. The molecule has 1 atom stereocenters. The second kappa shape index (κ2) is 7.25. The first kappa shape index (κ1) is 13.9. The summed E-state index contributed by atoms with van der Waals surface area (Å²) >= 11 is 0. The van der Waals surface area contributed by atoms with Crippen LogP contribution in [0.15, 0.2) is 0 Å². The second-order valence-corrected chi connectivity index (χ2v) is 4.77. The molecule has 1 aliphatic heterocycles. The summed E-state index contributed by atoms with van der Waals surface area (Å²) in [5.41, 5.74) is 0. The fraction of sp³-hybridized carbons (Fsp3) is 0.923. The number of hydrazine groups is 1. The fourth-order valence-corrected chi connectivity index (χ4v) is 2.40. The predicted octanol–water partition coefficient (Wildman–Crippen LogP) is 1.86. The average Bonchev–Trinajstić information content (AvgIpc) is 2.31. The van der Waals surface area contributed by atoms with Gasteiger partial charge in [-0.15, -0.1) is 0 Å². The van der Waals surface area contributed by atoms with Gasteiger partial charge in [-0.05, 0) is 26.3 Å². The molecule has 3 nitrogen and oxygen atoms in total. The molecule has 0 amide bonds. The van der Waals surface area contributed by atoms with Crippen molar-refractivity contribution in [1.82, 2.24) is 14.9 Å². The van der Waals surface area contributed by atoms with Crippen molar-refractivity contribution in [1.29, 1.82) is 0 Å². The molecule has 3 heteroatoms. The topological polar surface area (TPSA) is 9.72 Å². The number of rotatable bonds is 6. The summed E-state index contributed by atoms with van der Waals surface area (Å²) in [5, 5.41) is 5.11. The van der Waals surface area contributed by atoms with Crippen molar-refractivity contribution >= 4 is 0 Å². The van der Waals surface area contributed by atoms with Gasteiger partial charge >= 0.3 is 0 Å². The zero-order valence-electron chi connectivity index (χ0n) is 11.3. The van der Waals surface area contributed by atoms with Crippen molar-refractivity contribution in [2.24, 2.45) is 0 Å². The van der Waals surface area contributed by atoms with Gasteiger partial charge in [0.05, 0.1) is 0 Å². The molecule has 0 aromatic heterocycles. The second-order valence-electron chi connectivity index (χ2n) is 4.77. The summed E-state index contributed by atoms with van der Waals surface area (Å²) in [6.07, 6.45) is 3.45. The molecule has 0 aromatic carbocycles. The Kier molecular flexibility index (Phi) is 6.32. The number of hydrogen-bond donors (Lipinski definition) is 0. The van der Waals surface area contributed by atoms with Crippen LogP contribution in [0.4, 0.5) is 0 Å². The van der Waals surface area contributed by atoms with E-state index >= 15 is 0 Å². The average molecular weight is 226 g/mol. The van der Waals surface area contributed by atoms with Crippen LogP contribution in [0.1, 0.15) is 33.1 Å². The summed E-state index contributed by atoms with van der Waals surface area (Å²) in [7, 11) is 2.21. The van der Waals surface area contributed by atoms with Crippen LogP contribution >= 0.6 is 0 Å². The molecule has 1 unspecified atom stereocenters. The molecule has 0 N–H and O–H groups in total. The maximum atomic E-state index is 4.09. The van der Waals surface area contributed by atoms with Crippen molar-refractivity contribution in [3.05, 3.63) is 6.92 Å². The summed E-state index contributed by atoms with van der Waals surface area (Å²) < 4.78 is 0. The minimum Gasteiger partial charge on any atom is -0.304 e. The molecule has 1 saturated heterocycles. The smallest absolute Gasteiger partial charge is 0.0261 e. The van der Waals surface area contributed by atoms with Gasteiger partial charge in [-0.3, -0.25) is 0 Å². The summed E-state index contributed by atoms with van der Waals surface area (Å²) in [4.78, 5) is 2.41. The number of piperazine rings is 1. The lowest BCUT2D eigenvalue weighted by atomic mass is 10.1. The van der Waals surface area contributed by atoms with Crippen LogP contribution in [-0.4, -0.2) is 60.7 Å². The van der Waals surface area contributed by atoms with Gasteiger partial charge in [-0.25, -0.2) is 10.0 Å². The SMILES string of the molecule is [CH2]CC(CC)N(CCC)N1CCN(C)CC1. The maximum absolute atomic E-state index is 4.09. The molecular formula is C13H28N3. The normalized spacial score (nSPS) is 19.9. The maximum Gasteiger partial charge on any atom is 0.0261 e. The molecule has 0 aliphatic carbocycles. The highest BCUT2D eigenvalue weighted by molar-refractivity contribution is 4.74. The van der Waals surface area contributed by atoms with Gasteiger partial charge < -0.3 is 4.90 Å². The van der Waals surface area contributed by atoms with Crippen molar-refractivity contribution < 1.29 is 0 Å². The van der Waals surface area contributed by atoms with E-state index in [0.29, 0.717) is 6.04 Å². The third kappa shape index (κ3) is 3.72. The standard InChI is InChI=1S/C13H28N3/c1-5-8-16(13(6-2)7-3)15-11-9-14(4)10-12-15/h13H,2,5-12H2,1,3-4H3. The predicted molar refractivity (Wildman–Crippen MR) is 70.1 cm³/mol. The van der Waals surface area contributed by atoms with E-state index in [1.54, 1.807) is 0 Å². The van der Waals surface area contributed by atoms with Crippen LogP contribution in [0, 0.1) is 6.92 Å². The number of likely N-dealkylation sites (N-methyl/N-ethyl adjacent to an activating group) is 1. The molecule has 0 aromatic rings. The molecule has 1 fully saturated rings. The van der Waals surface area contributed by atoms with Crippen molar-refractivity contribution in [3.63, 3.8) is 0 Å². The monoisotopic (exact) mass is 226 g/mol. The highest BCUT2D eigenvalue weighted by Gasteiger charge is 2.24. The van der Waals surface area contributed by atoms with E-state index < -0.39 is 0 Å². The van der Waals surface area contributed by atoms with E-state index in [1.165, 1.54) is 45.6 Å². The van der Waals surface area contributed by atoms with Gasteiger partial charge in [-0.2, -0.15) is 0 Å². The van der Waals surface area contributed by atoms with E-state index in [2.05, 4.69) is 42.7 Å². The Morgan fingerprint density at radius 3 is 2.25 bits per heavy atom. The van der Waals surface area contributed by atoms with E-state index in [9.17, 15) is 0 Å². The Morgan fingerprint density at radius 1 is 1.19 bits per heavy atom. The molecular weight excluding hydrogens is 198 g/mol. The third-order valence-corrected chi connectivity index (χ3v) is 3.52. The highest BCUT2D eigenvalue weighted by atomic mass is 15.6. The van der Waals surface area contributed by atoms with Crippen LogP contribution in [0.2, 0.25) is 0 Å². The molecule has 0 saturated carbocycles. The van der Waals surface area contributed by atoms with Crippen LogP contribution in [0.5, 0.6) is 0 Å². The quantitative estimate of drug-likeness (QED) is 0.684. The molecule has 95 valence electrons. The Hall–Kier alpha value is -0.120. The van der Waals surface area contributed by atoms with E-state index in [0.717, 1.165) is 6.42 Å². The summed E-state index contributed by atoms with van der Waals surface area (Å²) in [5.74, 6) is 0. The van der Waals surface area contributed by atoms with Gasteiger partial charge in [0, 0.05) is 38.8 Å². The number of hydrogen-bond acceptors (Lipinski definition) is 3. The molecule has 0 bridgehead atoms. The van der Waals surface area contributed by atoms with E-state index in [1.807, 2.05) is 0 Å². The van der Waals surface area contributed by atoms with Gasteiger partial charge in [0.1, 0.15) is 0 Å². The zero-order chi connectivity index (χ0) is 12.0. The lowest BCUT2D eigenvalue weighted by Gasteiger charge is -2.43. The van der Waals surface area contributed by atoms with Crippen molar-refractivity contribution in [3.8, 4) is 0 Å². The van der Waals surface area contributed by atoms with Crippen molar-refractivity contribution in [2.75, 3.05) is 39.8 Å². The molecule has 1 rings (SSSR count). The molecule has 1 radical (unpaired) electrons. The summed E-state index contributed by atoms with van der Waals surface area (Å²) in [6.45, 7) is 14.5. The fourth-order valence-electron chi connectivity index (χ4n) is 2.40. The Labute approximate surface area is 101 Å². The third-order valence-electron chi connectivity index (χ3n) is 3.52. The van der Waals surface area contributed by atoms with Crippen molar-refractivity contribution in [2.45, 2.75) is 39.2 Å². The Balaban J connectivity index is 2.54. The minimum atomic E-state index is 0.628. The van der Waals surface area contributed by atoms with Crippen LogP contribution < -0.4 is 0 Å². The van der Waals surface area contributed by atoms with Gasteiger partial charge in [-0.1, -0.05) is 20.8 Å². The number of nitrogens with zero attached hydrogens (tertiary/aromatic N) is 3. The highest BCUT2D eigenvalue weighted by Crippen LogP contribution is 2.14. The Morgan fingerprint density at radius 2 is 1.81 bits per heavy atom. The first-order valence-electron chi connectivity index (χ1n) is 6.72. The minimum absolute atomic E-state index is 0.628. The molecule has 1 heterocycles. The first-order chi connectivity index (χ1) is 7.72. The molecule has 16 heavy (non-hydrogen) atoms. The first-order valence-corrected chi connectivity index (χ1v) is 6.72. The lowest BCUT2D eigenvalue weighted by molar-refractivity contribution is -0.0840. The zero-order valence-corrected chi connectivity index (χ0v) is 11.3. The largest absolute Gasteiger partial charge is 0.304 e. The van der Waals surface area contributed by atoms with E-state index in [-0.39, 0.29) is 0 Å². The Bertz CT molecular complexity index is 172. The van der Waals surface area contributed by atoms with E-state index in [4.69, 9.17) is 0 Å². The van der Waals surface area contributed by atoms with Gasteiger partial charge in [0.2, 0.25) is 0 Å². The molecule has 1 aliphatic rings. The molecule has 0 spiro atoms. The van der Waals surface area contributed by atoms with Crippen LogP contribution in [0.25, 0.3) is 0 Å². The van der Waals surface area contributed by atoms with Crippen LogP contribution in [0.3, 0.4) is 0 Å². The van der Waals surface area contributed by atoms with Crippen LogP contribution in [-0.2, 0) is 0 Å². The van der Waals surface area contributed by atoms with Gasteiger partial charge in [0.25, 0.3) is 0 Å².